The highest BCUT2D eigenvalue weighted by Crippen LogP contribution is 2.44. The van der Waals surface area contributed by atoms with Gasteiger partial charge in [0.05, 0.1) is 47.1 Å². The third-order valence-corrected chi connectivity index (χ3v) is 5.99. The average molecular weight is 566 g/mol. The molecule has 1 N–H and O–H groups in total. The van der Waals surface area contributed by atoms with Crippen LogP contribution < -0.4 is 5.32 Å². The molecule has 0 aliphatic carbocycles. The summed E-state index contributed by atoms with van der Waals surface area (Å²) in [5.41, 5.74) is -2.66. The van der Waals surface area contributed by atoms with Gasteiger partial charge in [0.1, 0.15) is 6.07 Å². The van der Waals surface area contributed by atoms with Gasteiger partial charge in [-0.2, -0.15) is 5.26 Å². The average Bonchev–Trinajstić information content (AvgIpc) is 2.59. The highest BCUT2D eigenvalue weighted by Gasteiger charge is 2.31. The molecule has 27 heavy (non-hydrogen) atoms. The van der Waals surface area contributed by atoms with E-state index in [4.69, 9.17) is 5.26 Å². The Morgan fingerprint density at radius 3 is 1.81 bits per heavy atom. The number of hydrogen-bond donors (Lipinski definition) is 1. The predicted molar refractivity (Wildman–Crippen MR) is 104 cm³/mol. The molecule has 0 amide bonds. The molecular formula is C13H4Br3N5O6. The molecule has 0 aliphatic rings. The van der Waals surface area contributed by atoms with Crippen molar-refractivity contribution in [3.8, 4) is 6.07 Å². The Morgan fingerprint density at radius 2 is 1.41 bits per heavy atom. The highest BCUT2D eigenvalue weighted by atomic mass is 79.9. The number of halogens is 3. The molecule has 2 aromatic rings. The molecule has 0 bridgehead atoms. The number of nitro benzene ring substituents is 3. The Hall–Kier alpha value is -2.63. The van der Waals surface area contributed by atoms with Gasteiger partial charge in [-0.25, -0.2) is 0 Å². The maximum absolute atomic E-state index is 11.3. The first kappa shape index (κ1) is 20.7. The van der Waals surface area contributed by atoms with Gasteiger partial charge < -0.3 is 5.32 Å². The molecule has 0 aromatic heterocycles. The van der Waals surface area contributed by atoms with Crippen molar-refractivity contribution in [1.82, 2.24) is 0 Å². The van der Waals surface area contributed by atoms with Gasteiger partial charge in [0.15, 0.2) is 5.69 Å². The van der Waals surface area contributed by atoms with E-state index in [1.807, 2.05) is 6.07 Å². The molecule has 11 nitrogen and oxygen atoms in total. The van der Waals surface area contributed by atoms with E-state index in [0.717, 1.165) is 0 Å². The van der Waals surface area contributed by atoms with Crippen LogP contribution >= 0.6 is 47.8 Å². The Morgan fingerprint density at radius 1 is 0.889 bits per heavy atom. The summed E-state index contributed by atoms with van der Waals surface area (Å²) in [5, 5.41) is 45.3. The van der Waals surface area contributed by atoms with Crippen LogP contribution in [0.2, 0.25) is 0 Å². The van der Waals surface area contributed by atoms with Gasteiger partial charge in [-0.05, 0) is 53.9 Å². The third kappa shape index (κ3) is 4.04. The summed E-state index contributed by atoms with van der Waals surface area (Å²) in [5.74, 6) is 0. The minimum Gasteiger partial charge on any atom is -0.343 e. The van der Waals surface area contributed by atoms with Crippen LogP contribution in [0.25, 0.3) is 0 Å². The largest absolute Gasteiger partial charge is 0.343 e. The fourth-order valence-electron chi connectivity index (χ4n) is 2.04. The fraction of sp³-hybridized carbons (Fsp3) is 0. The van der Waals surface area contributed by atoms with Crippen LogP contribution in [0.3, 0.4) is 0 Å². The summed E-state index contributed by atoms with van der Waals surface area (Å²) in [6, 6.07) is 4.55. The first-order chi connectivity index (χ1) is 12.6. The second-order valence-electron chi connectivity index (χ2n) is 4.78. The maximum atomic E-state index is 11.3. The van der Waals surface area contributed by atoms with E-state index in [9.17, 15) is 30.3 Å². The van der Waals surface area contributed by atoms with Crippen molar-refractivity contribution in [2.24, 2.45) is 0 Å². The van der Waals surface area contributed by atoms with E-state index < -0.39 is 37.5 Å². The van der Waals surface area contributed by atoms with Gasteiger partial charge in [0, 0.05) is 4.47 Å². The van der Waals surface area contributed by atoms with Crippen molar-refractivity contribution < 1.29 is 14.8 Å². The van der Waals surface area contributed by atoms with E-state index in [-0.39, 0.29) is 15.7 Å². The third-order valence-electron chi connectivity index (χ3n) is 3.22. The molecule has 0 atom stereocenters. The quantitative estimate of drug-likeness (QED) is 0.289. The van der Waals surface area contributed by atoms with E-state index >= 15 is 0 Å². The normalized spacial score (nSPS) is 10.1. The Balaban J connectivity index is 2.76. The lowest BCUT2D eigenvalue weighted by molar-refractivity contribution is -0.401. The van der Waals surface area contributed by atoms with Crippen LogP contribution in [-0.4, -0.2) is 14.8 Å². The minimum absolute atomic E-state index is 0.146. The van der Waals surface area contributed by atoms with Crippen molar-refractivity contribution in [3.05, 3.63) is 67.5 Å². The topological polar surface area (TPSA) is 165 Å². The minimum atomic E-state index is -0.968. The first-order valence-corrected chi connectivity index (χ1v) is 8.92. The van der Waals surface area contributed by atoms with Gasteiger partial charge in [-0.15, -0.1) is 0 Å². The summed E-state index contributed by atoms with van der Waals surface area (Å²) in [6.45, 7) is 0. The van der Waals surface area contributed by atoms with E-state index in [1.54, 1.807) is 0 Å². The number of nitriles is 1. The Kier molecular flexibility index (Phi) is 6.08. The molecule has 0 fully saturated rings. The van der Waals surface area contributed by atoms with Crippen molar-refractivity contribution in [3.63, 3.8) is 0 Å². The van der Waals surface area contributed by atoms with Gasteiger partial charge in [-0.1, -0.05) is 0 Å². The van der Waals surface area contributed by atoms with Crippen LogP contribution in [0, 0.1) is 41.7 Å². The monoisotopic (exact) mass is 563 g/mol. The summed E-state index contributed by atoms with van der Waals surface area (Å²) < 4.78 is 0.882. The fourth-order valence-corrected chi connectivity index (χ4v) is 3.75. The highest BCUT2D eigenvalue weighted by molar-refractivity contribution is 9.13. The molecule has 2 aromatic carbocycles. The molecule has 0 radical (unpaired) electrons. The molecule has 0 spiro atoms. The summed E-state index contributed by atoms with van der Waals surface area (Å²) in [6.07, 6.45) is 0. The van der Waals surface area contributed by atoms with Crippen molar-refractivity contribution >= 4 is 76.2 Å². The van der Waals surface area contributed by atoms with Crippen molar-refractivity contribution in [1.29, 1.82) is 5.26 Å². The van der Waals surface area contributed by atoms with Gasteiger partial charge in [0.25, 0.3) is 5.69 Å². The predicted octanol–water partition coefficient (Wildman–Crippen LogP) is 5.31. The number of benzene rings is 2. The van der Waals surface area contributed by atoms with Gasteiger partial charge in [0.2, 0.25) is 0 Å². The van der Waals surface area contributed by atoms with Crippen LogP contribution in [0.1, 0.15) is 5.56 Å². The Bertz CT molecular complexity index is 1020. The molecule has 0 heterocycles. The second kappa shape index (κ2) is 7.94. The maximum Gasteiger partial charge on any atom is 0.306 e. The lowest BCUT2D eigenvalue weighted by atomic mass is 10.1. The number of non-ortho nitro benzene ring substituents is 1. The number of anilines is 2. The molecule has 0 saturated heterocycles. The molecule has 0 saturated carbocycles. The van der Waals surface area contributed by atoms with Crippen molar-refractivity contribution in [2.45, 2.75) is 0 Å². The first-order valence-electron chi connectivity index (χ1n) is 6.54. The van der Waals surface area contributed by atoms with Crippen LogP contribution in [0.15, 0.2) is 31.6 Å². The van der Waals surface area contributed by atoms with E-state index in [2.05, 4.69) is 53.1 Å². The smallest absolute Gasteiger partial charge is 0.306 e. The van der Waals surface area contributed by atoms with E-state index in [0.29, 0.717) is 21.1 Å². The lowest BCUT2D eigenvalue weighted by Crippen LogP contribution is -2.04. The number of nitrogens with zero attached hydrogens (tertiary/aromatic N) is 4. The number of hydrogen-bond acceptors (Lipinski definition) is 8. The molecule has 2 rings (SSSR count). The van der Waals surface area contributed by atoms with Crippen LogP contribution in [0.5, 0.6) is 0 Å². The lowest BCUT2D eigenvalue weighted by Gasteiger charge is -2.12. The van der Waals surface area contributed by atoms with Gasteiger partial charge in [-0.3, -0.25) is 30.3 Å². The zero-order valence-electron chi connectivity index (χ0n) is 12.6. The number of nitro groups is 3. The molecular weight excluding hydrogens is 562 g/mol. The van der Waals surface area contributed by atoms with Gasteiger partial charge >= 0.3 is 11.4 Å². The second-order valence-corrected chi connectivity index (χ2v) is 7.22. The summed E-state index contributed by atoms with van der Waals surface area (Å²) in [7, 11) is 0. The molecule has 138 valence electrons. The number of nitrogens with one attached hydrogen (secondary N) is 1. The Labute approximate surface area is 174 Å². The van der Waals surface area contributed by atoms with Crippen LogP contribution in [0.4, 0.5) is 28.4 Å². The SMILES string of the molecule is N#Cc1c(Br)cc(Nc2c([N+](=O)[O-])cc([N+](=O)[O-])cc2[N+](=O)[O-])c(Br)c1Br. The zero-order chi connectivity index (χ0) is 20.5. The van der Waals surface area contributed by atoms with E-state index in [1.165, 1.54) is 6.07 Å². The standard InChI is InChI=1S/C13H4Br3N5O6/c14-7-3-8(12(16)11(15)6(7)4-17)18-13-9(20(24)25)1-5(19(22)23)2-10(13)21(26)27/h1-3,18H. The molecule has 0 aliphatic heterocycles. The molecule has 0 unspecified atom stereocenters. The van der Waals surface area contributed by atoms with Crippen molar-refractivity contribution in [2.75, 3.05) is 5.32 Å². The zero-order valence-corrected chi connectivity index (χ0v) is 17.4. The molecule has 14 heteroatoms. The number of rotatable bonds is 5. The summed E-state index contributed by atoms with van der Waals surface area (Å²) >= 11 is 9.54. The summed E-state index contributed by atoms with van der Waals surface area (Å²) in [4.78, 5) is 30.7. The van der Waals surface area contributed by atoms with Crippen LogP contribution in [-0.2, 0) is 0 Å².